The van der Waals surface area contributed by atoms with Gasteiger partial charge in [-0.25, -0.2) is 0 Å². The van der Waals surface area contributed by atoms with Crippen molar-refractivity contribution in [2.24, 2.45) is 0 Å². The van der Waals surface area contributed by atoms with E-state index in [9.17, 15) is 0 Å². The van der Waals surface area contributed by atoms with Crippen LogP contribution in [0, 0.1) is 0 Å². The highest BCUT2D eigenvalue weighted by Crippen LogP contribution is 1.79. The Hall–Kier alpha value is -0.543. The zero-order valence-corrected chi connectivity index (χ0v) is 7.13. The molecule has 0 saturated carbocycles. The summed E-state index contributed by atoms with van der Waals surface area (Å²) in [5.41, 5.74) is 0. The monoisotopic (exact) mass is 130 g/mol. The summed E-state index contributed by atoms with van der Waals surface area (Å²) < 4.78 is 8.97. The Labute approximate surface area is 52.0 Å². The highest BCUT2D eigenvalue weighted by molar-refractivity contribution is 5.97. The predicted octanol–water partition coefficient (Wildman–Crippen LogP) is 0.193. The molecule has 0 fully saturated rings. The van der Waals surface area contributed by atoms with E-state index in [4.69, 9.17) is 0 Å². The summed E-state index contributed by atoms with van der Waals surface area (Å²) in [5, 5.41) is 0. The first-order valence-electron chi connectivity index (χ1n) is 2.29. The highest BCUT2D eigenvalue weighted by Gasteiger charge is 1.58. The standard InChI is InChI=1S/C4H4O.CH6OSi/c1-2-4-5-3-1;1-2-3/h1-4H;1,3H3. The van der Waals surface area contributed by atoms with Crippen LogP contribution >= 0.6 is 0 Å². The summed E-state index contributed by atoms with van der Waals surface area (Å²) in [7, 11) is 2.56. The molecule has 1 aromatic heterocycles. The Bertz CT molecular complexity index is 77.3. The SMILES string of the molecule is CO[SiH3].c1ccoc1. The van der Waals surface area contributed by atoms with E-state index in [1.807, 2.05) is 12.1 Å². The van der Waals surface area contributed by atoms with Gasteiger partial charge >= 0.3 is 0 Å². The van der Waals surface area contributed by atoms with Gasteiger partial charge in [-0.2, -0.15) is 0 Å². The van der Waals surface area contributed by atoms with Crippen molar-refractivity contribution in [3.63, 3.8) is 0 Å². The fraction of sp³-hybridized carbons (Fsp3) is 0.200. The predicted molar refractivity (Wildman–Crippen MR) is 35.7 cm³/mol. The number of hydrogen-bond acceptors (Lipinski definition) is 2. The van der Waals surface area contributed by atoms with E-state index < -0.39 is 0 Å². The van der Waals surface area contributed by atoms with Gasteiger partial charge in [-0.1, -0.05) is 0 Å². The minimum absolute atomic E-state index is 0.869. The van der Waals surface area contributed by atoms with E-state index >= 15 is 0 Å². The third kappa shape index (κ3) is 5.46. The summed E-state index contributed by atoms with van der Waals surface area (Å²) >= 11 is 0. The normalized spacial score (nSPS) is 7.62. The van der Waals surface area contributed by atoms with Gasteiger partial charge in [-0.3, -0.25) is 0 Å². The molecular formula is C5H10O2Si. The van der Waals surface area contributed by atoms with Crippen molar-refractivity contribution in [1.29, 1.82) is 0 Å². The fourth-order valence-corrected chi connectivity index (χ4v) is 0.227. The lowest BCUT2D eigenvalue weighted by Crippen LogP contribution is -1.60. The Morgan fingerprint density at radius 1 is 1.38 bits per heavy atom. The number of furan rings is 1. The summed E-state index contributed by atoms with van der Waals surface area (Å²) in [6, 6.07) is 3.67. The number of hydrogen-bond donors (Lipinski definition) is 0. The molecule has 0 atom stereocenters. The molecule has 1 rings (SSSR count). The van der Waals surface area contributed by atoms with Crippen LogP contribution in [0.2, 0.25) is 0 Å². The zero-order chi connectivity index (χ0) is 6.24. The van der Waals surface area contributed by atoms with Gasteiger partial charge in [0.15, 0.2) is 0 Å². The van der Waals surface area contributed by atoms with Crippen molar-refractivity contribution >= 4 is 10.5 Å². The second-order valence-electron chi connectivity index (χ2n) is 1.20. The minimum atomic E-state index is 0.869. The molecule has 0 bridgehead atoms. The topological polar surface area (TPSA) is 22.4 Å². The summed E-state index contributed by atoms with van der Waals surface area (Å²) in [5.74, 6) is 0. The number of rotatable bonds is 0. The van der Waals surface area contributed by atoms with Gasteiger partial charge in [0.2, 0.25) is 0 Å². The second-order valence-corrected chi connectivity index (χ2v) is 2.02. The maximum atomic E-state index is 4.58. The van der Waals surface area contributed by atoms with Gasteiger partial charge in [0.1, 0.15) is 10.5 Å². The van der Waals surface area contributed by atoms with E-state index in [2.05, 4.69) is 8.84 Å². The molecule has 0 spiro atoms. The molecule has 0 aromatic carbocycles. The summed E-state index contributed by atoms with van der Waals surface area (Å²) in [6.45, 7) is 0. The van der Waals surface area contributed by atoms with E-state index in [0.29, 0.717) is 0 Å². The molecular weight excluding hydrogens is 120 g/mol. The average Bonchev–Trinajstić information content (AvgIpc) is 2.17. The molecule has 3 heteroatoms. The average molecular weight is 130 g/mol. The van der Waals surface area contributed by atoms with Gasteiger partial charge in [0, 0.05) is 7.11 Å². The second kappa shape index (κ2) is 6.46. The first-order valence-corrected chi connectivity index (χ1v) is 3.10. The quantitative estimate of drug-likeness (QED) is 0.468. The molecule has 8 heavy (non-hydrogen) atoms. The molecule has 1 heterocycles. The van der Waals surface area contributed by atoms with Crippen molar-refractivity contribution in [1.82, 2.24) is 0 Å². The molecule has 0 aliphatic heterocycles. The van der Waals surface area contributed by atoms with Crippen LogP contribution in [-0.2, 0) is 4.43 Å². The maximum Gasteiger partial charge on any atom is 0.145 e. The fourth-order valence-electron chi connectivity index (χ4n) is 0.227. The molecule has 0 amide bonds. The smallest absolute Gasteiger partial charge is 0.145 e. The van der Waals surface area contributed by atoms with Crippen molar-refractivity contribution in [2.75, 3.05) is 7.11 Å². The van der Waals surface area contributed by atoms with E-state index in [-0.39, 0.29) is 0 Å². The van der Waals surface area contributed by atoms with Gasteiger partial charge < -0.3 is 8.84 Å². The van der Waals surface area contributed by atoms with Crippen LogP contribution in [0.25, 0.3) is 0 Å². The lowest BCUT2D eigenvalue weighted by molar-refractivity contribution is 0.460. The van der Waals surface area contributed by atoms with Gasteiger partial charge in [-0.05, 0) is 12.1 Å². The third-order valence-electron chi connectivity index (χ3n) is 0.425. The molecule has 2 nitrogen and oxygen atoms in total. The molecule has 0 N–H and O–H groups in total. The van der Waals surface area contributed by atoms with Crippen LogP contribution in [0.3, 0.4) is 0 Å². The van der Waals surface area contributed by atoms with Crippen LogP contribution in [0.15, 0.2) is 29.1 Å². The van der Waals surface area contributed by atoms with Crippen LogP contribution in [-0.4, -0.2) is 17.6 Å². The van der Waals surface area contributed by atoms with Crippen LogP contribution in [0.4, 0.5) is 0 Å². The van der Waals surface area contributed by atoms with Gasteiger partial charge in [0.05, 0.1) is 12.5 Å². The zero-order valence-electron chi connectivity index (χ0n) is 5.13. The van der Waals surface area contributed by atoms with Crippen LogP contribution in [0.5, 0.6) is 0 Å². The summed E-state index contributed by atoms with van der Waals surface area (Å²) in [6.07, 6.45) is 3.25. The van der Waals surface area contributed by atoms with Crippen molar-refractivity contribution in [3.8, 4) is 0 Å². The Kier molecular flexibility index (Phi) is 6.02. The first kappa shape index (κ1) is 7.46. The van der Waals surface area contributed by atoms with Gasteiger partial charge in [0.25, 0.3) is 0 Å². The Morgan fingerprint density at radius 3 is 1.88 bits per heavy atom. The van der Waals surface area contributed by atoms with Crippen molar-refractivity contribution in [3.05, 3.63) is 24.7 Å². The largest absolute Gasteiger partial charge is 0.473 e. The Balaban J connectivity index is 0.000000145. The molecule has 0 saturated heterocycles. The minimum Gasteiger partial charge on any atom is -0.473 e. The highest BCUT2D eigenvalue weighted by atomic mass is 28.2. The Morgan fingerprint density at radius 2 is 1.75 bits per heavy atom. The van der Waals surface area contributed by atoms with Crippen molar-refractivity contribution in [2.45, 2.75) is 0 Å². The molecule has 0 radical (unpaired) electrons. The van der Waals surface area contributed by atoms with Crippen molar-refractivity contribution < 1.29 is 8.84 Å². The van der Waals surface area contributed by atoms with Gasteiger partial charge in [-0.15, -0.1) is 0 Å². The van der Waals surface area contributed by atoms with Crippen LogP contribution < -0.4 is 0 Å². The maximum absolute atomic E-state index is 4.58. The third-order valence-corrected chi connectivity index (χ3v) is 0.425. The lowest BCUT2D eigenvalue weighted by atomic mass is 10.7. The summed E-state index contributed by atoms with van der Waals surface area (Å²) in [4.78, 5) is 0. The molecule has 1 aromatic rings. The van der Waals surface area contributed by atoms with E-state index in [0.717, 1.165) is 10.5 Å². The first-order chi connectivity index (χ1) is 3.91. The molecule has 0 aliphatic rings. The molecule has 0 unspecified atom stereocenters. The molecule has 0 aliphatic carbocycles. The molecule has 46 valence electrons. The lowest BCUT2D eigenvalue weighted by Gasteiger charge is -1.61. The van der Waals surface area contributed by atoms with E-state index in [1.165, 1.54) is 0 Å². The van der Waals surface area contributed by atoms with E-state index in [1.54, 1.807) is 19.6 Å². The van der Waals surface area contributed by atoms with Crippen LogP contribution in [0.1, 0.15) is 0 Å².